The summed E-state index contributed by atoms with van der Waals surface area (Å²) in [5.74, 6) is -0.482. The summed E-state index contributed by atoms with van der Waals surface area (Å²) >= 11 is 6.01. The molecular weight excluding hydrogens is 324 g/mol. The van der Waals surface area contributed by atoms with E-state index in [9.17, 15) is 20.0 Å². The van der Waals surface area contributed by atoms with E-state index in [2.05, 4.69) is 0 Å². The monoisotopic (exact) mass is 342 g/mol. The summed E-state index contributed by atoms with van der Waals surface area (Å²) in [6.07, 6.45) is 1.45. The number of hydrogen-bond acceptors (Lipinski definition) is 5. The molecule has 8 heteroatoms. The number of benzene rings is 1. The first kappa shape index (κ1) is 17.7. The second kappa shape index (κ2) is 7.25. The van der Waals surface area contributed by atoms with Crippen LogP contribution in [-0.4, -0.2) is 53.2 Å². The van der Waals surface area contributed by atoms with E-state index in [-0.39, 0.29) is 22.9 Å². The Hall–Kier alpha value is -1.70. The van der Waals surface area contributed by atoms with Crippen molar-refractivity contribution in [2.24, 2.45) is 0 Å². The van der Waals surface area contributed by atoms with Gasteiger partial charge in [0.25, 0.3) is 11.6 Å². The van der Waals surface area contributed by atoms with E-state index >= 15 is 0 Å². The van der Waals surface area contributed by atoms with Crippen LogP contribution >= 0.6 is 11.6 Å². The van der Waals surface area contributed by atoms with Crippen molar-refractivity contribution < 1.29 is 19.6 Å². The van der Waals surface area contributed by atoms with Gasteiger partial charge in [0.1, 0.15) is 5.56 Å². The number of methoxy groups -OCH3 is 1. The first-order chi connectivity index (χ1) is 10.9. The van der Waals surface area contributed by atoms with Crippen LogP contribution in [0.3, 0.4) is 0 Å². The quantitative estimate of drug-likeness (QED) is 0.669. The minimum atomic E-state index is -0.976. The van der Waals surface area contributed by atoms with Gasteiger partial charge in [-0.1, -0.05) is 17.7 Å². The van der Waals surface area contributed by atoms with Crippen molar-refractivity contribution in [2.45, 2.75) is 24.9 Å². The number of nitro benzene ring substituents is 1. The number of carbonyl (C=O) groups excluding carboxylic acids is 1. The molecule has 1 heterocycles. The molecule has 0 saturated carbocycles. The van der Waals surface area contributed by atoms with Gasteiger partial charge in [-0.05, 0) is 25.3 Å². The average Bonchev–Trinajstić information content (AvgIpc) is 2.68. The smallest absolute Gasteiger partial charge is 0.283 e. The molecule has 1 aliphatic heterocycles. The maximum Gasteiger partial charge on any atom is 0.283 e. The van der Waals surface area contributed by atoms with E-state index in [1.54, 1.807) is 0 Å². The molecule has 0 radical (unpaired) electrons. The van der Waals surface area contributed by atoms with Crippen LogP contribution in [0.2, 0.25) is 5.02 Å². The van der Waals surface area contributed by atoms with Gasteiger partial charge in [-0.25, -0.2) is 0 Å². The molecule has 7 nitrogen and oxygen atoms in total. The van der Waals surface area contributed by atoms with E-state index in [1.807, 2.05) is 0 Å². The summed E-state index contributed by atoms with van der Waals surface area (Å²) < 4.78 is 5.03. The minimum Gasteiger partial charge on any atom is -0.387 e. The zero-order chi connectivity index (χ0) is 17.0. The van der Waals surface area contributed by atoms with Crippen molar-refractivity contribution in [3.8, 4) is 0 Å². The highest BCUT2D eigenvalue weighted by Crippen LogP contribution is 2.30. The highest BCUT2D eigenvalue weighted by atomic mass is 35.5. The van der Waals surface area contributed by atoms with Crippen molar-refractivity contribution in [1.82, 2.24) is 4.90 Å². The number of ether oxygens (including phenoxy) is 1. The lowest BCUT2D eigenvalue weighted by Gasteiger charge is -2.26. The van der Waals surface area contributed by atoms with Crippen LogP contribution in [0.15, 0.2) is 18.2 Å². The number of nitro groups is 1. The average molecular weight is 343 g/mol. The Labute approximate surface area is 138 Å². The molecule has 1 aromatic rings. The molecule has 1 N–H and O–H groups in total. The first-order valence-electron chi connectivity index (χ1n) is 7.31. The summed E-state index contributed by atoms with van der Waals surface area (Å²) in [7, 11) is 1.51. The number of amides is 1. The Bertz CT molecular complexity index is 610. The fourth-order valence-electron chi connectivity index (χ4n) is 2.83. The maximum absolute atomic E-state index is 12.7. The molecule has 2 rings (SSSR count). The molecule has 0 bridgehead atoms. The first-order valence-corrected chi connectivity index (χ1v) is 7.69. The van der Waals surface area contributed by atoms with Crippen LogP contribution in [0.4, 0.5) is 5.69 Å². The predicted octanol–water partition coefficient (Wildman–Crippen LogP) is 2.25. The van der Waals surface area contributed by atoms with Gasteiger partial charge in [0.05, 0.1) is 22.2 Å². The zero-order valence-electron chi connectivity index (χ0n) is 12.8. The Morgan fingerprint density at radius 2 is 2.22 bits per heavy atom. The molecule has 23 heavy (non-hydrogen) atoms. The summed E-state index contributed by atoms with van der Waals surface area (Å²) in [6.45, 7) is 0.898. The predicted molar refractivity (Wildman–Crippen MR) is 84.7 cm³/mol. The van der Waals surface area contributed by atoms with Gasteiger partial charge in [0.2, 0.25) is 0 Å². The van der Waals surface area contributed by atoms with E-state index in [0.29, 0.717) is 32.4 Å². The molecule has 1 unspecified atom stereocenters. The fraction of sp³-hybridized carbons (Fsp3) is 0.533. The van der Waals surface area contributed by atoms with Gasteiger partial charge < -0.3 is 14.7 Å². The molecule has 1 aromatic carbocycles. The van der Waals surface area contributed by atoms with Gasteiger partial charge in [-0.2, -0.15) is 0 Å². The largest absolute Gasteiger partial charge is 0.387 e. The van der Waals surface area contributed by atoms with Crippen LogP contribution < -0.4 is 0 Å². The fourth-order valence-corrected chi connectivity index (χ4v) is 3.08. The van der Waals surface area contributed by atoms with Crippen LogP contribution in [0, 0.1) is 10.1 Å². The van der Waals surface area contributed by atoms with Crippen molar-refractivity contribution in [2.75, 3.05) is 26.8 Å². The molecule has 1 saturated heterocycles. The maximum atomic E-state index is 12.7. The molecule has 126 valence electrons. The van der Waals surface area contributed by atoms with E-state index < -0.39 is 16.4 Å². The Morgan fingerprint density at radius 1 is 1.48 bits per heavy atom. The Morgan fingerprint density at radius 3 is 2.87 bits per heavy atom. The lowest BCUT2D eigenvalue weighted by atomic mass is 9.96. The summed E-state index contributed by atoms with van der Waals surface area (Å²) in [5, 5.41) is 21.6. The lowest BCUT2D eigenvalue weighted by molar-refractivity contribution is -0.385. The molecular formula is C15H19ClN2O5. The zero-order valence-corrected chi connectivity index (χ0v) is 13.6. The van der Waals surface area contributed by atoms with Gasteiger partial charge in [-0.15, -0.1) is 0 Å². The third kappa shape index (κ3) is 3.99. The van der Waals surface area contributed by atoms with Crippen molar-refractivity contribution in [3.63, 3.8) is 0 Å². The summed E-state index contributed by atoms with van der Waals surface area (Å²) in [5.41, 5.74) is -1.38. The third-order valence-electron chi connectivity index (χ3n) is 4.02. The second-order valence-electron chi connectivity index (χ2n) is 5.69. The van der Waals surface area contributed by atoms with Gasteiger partial charge in [0, 0.05) is 26.3 Å². The molecule has 1 fully saturated rings. The number of halogens is 1. The Kier molecular flexibility index (Phi) is 5.56. The second-order valence-corrected chi connectivity index (χ2v) is 6.10. The topological polar surface area (TPSA) is 92.9 Å². The summed E-state index contributed by atoms with van der Waals surface area (Å²) in [4.78, 5) is 24.7. The number of hydrogen-bond donors (Lipinski definition) is 1. The molecule has 0 aliphatic carbocycles. The molecule has 0 aromatic heterocycles. The minimum absolute atomic E-state index is 0.0561. The van der Waals surface area contributed by atoms with Crippen molar-refractivity contribution >= 4 is 23.2 Å². The Balaban J connectivity index is 2.23. The van der Waals surface area contributed by atoms with Gasteiger partial charge in [-0.3, -0.25) is 14.9 Å². The number of nitrogens with zero attached hydrogens (tertiary/aromatic N) is 2. The third-order valence-corrected chi connectivity index (χ3v) is 4.33. The van der Waals surface area contributed by atoms with Gasteiger partial charge in [0.15, 0.2) is 0 Å². The van der Waals surface area contributed by atoms with Crippen LogP contribution in [-0.2, 0) is 4.74 Å². The highest BCUT2D eigenvalue weighted by molar-refractivity contribution is 6.34. The van der Waals surface area contributed by atoms with E-state index in [4.69, 9.17) is 16.3 Å². The highest BCUT2D eigenvalue weighted by Gasteiger charge is 2.34. The van der Waals surface area contributed by atoms with E-state index in [0.717, 1.165) is 0 Å². The SMILES string of the molecule is COCC1(O)CCCN(C(=O)c2c(Cl)cccc2[N+](=O)[O-])CC1. The molecule has 0 spiro atoms. The number of rotatable bonds is 4. The summed E-state index contributed by atoms with van der Waals surface area (Å²) in [6, 6.07) is 4.16. The van der Waals surface area contributed by atoms with Crippen LogP contribution in [0.25, 0.3) is 0 Å². The van der Waals surface area contributed by atoms with Crippen molar-refractivity contribution in [1.29, 1.82) is 0 Å². The molecule has 1 atom stereocenters. The van der Waals surface area contributed by atoms with Gasteiger partial charge >= 0.3 is 0 Å². The van der Waals surface area contributed by atoms with Crippen LogP contribution in [0.1, 0.15) is 29.6 Å². The van der Waals surface area contributed by atoms with E-state index in [1.165, 1.54) is 30.2 Å². The number of aliphatic hydroxyl groups is 1. The molecule has 1 amide bonds. The molecule has 1 aliphatic rings. The van der Waals surface area contributed by atoms with Crippen LogP contribution in [0.5, 0.6) is 0 Å². The standard InChI is InChI=1S/C15H19ClN2O5/c1-23-10-15(20)6-3-8-17(9-7-15)14(19)13-11(16)4-2-5-12(13)18(21)22/h2,4-5,20H,3,6-10H2,1H3. The number of likely N-dealkylation sites (tertiary alicyclic amines) is 1. The van der Waals surface area contributed by atoms with Crippen molar-refractivity contribution in [3.05, 3.63) is 38.9 Å². The normalized spacial score (nSPS) is 21.8. The number of carbonyl (C=O) groups is 1. The lowest BCUT2D eigenvalue weighted by Crippen LogP contribution is -2.37.